The number of amides is 1. The molecule has 1 aliphatic heterocycles. The van der Waals surface area contributed by atoms with Crippen molar-refractivity contribution in [2.75, 3.05) is 6.54 Å². The van der Waals surface area contributed by atoms with E-state index in [1.54, 1.807) is 0 Å². The quantitative estimate of drug-likeness (QED) is 0.220. The zero-order chi connectivity index (χ0) is 31.6. The maximum Gasteiger partial charge on any atom is 0.410 e. The maximum absolute atomic E-state index is 13.6. The summed E-state index contributed by atoms with van der Waals surface area (Å²) in [5.41, 5.74) is 4.51. The van der Waals surface area contributed by atoms with Gasteiger partial charge in [-0.15, -0.1) is 0 Å². The average Bonchev–Trinajstić information content (AvgIpc) is 2.97. The summed E-state index contributed by atoms with van der Waals surface area (Å²) >= 11 is 0. The molecule has 0 unspecified atom stereocenters. The Kier molecular flexibility index (Phi) is 9.00. The van der Waals surface area contributed by atoms with Gasteiger partial charge in [-0.1, -0.05) is 72.8 Å². The normalized spacial score (nSPS) is 17.0. The molecule has 0 saturated heterocycles. The first-order valence-corrected chi connectivity index (χ1v) is 15.5. The van der Waals surface area contributed by atoms with Crippen LogP contribution in [0.15, 0.2) is 78.9 Å². The predicted molar refractivity (Wildman–Crippen MR) is 175 cm³/mol. The van der Waals surface area contributed by atoms with Gasteiger partial charge in [-0.05, 0) is 99.9 Å². The highest BCUT2D eigenvalue weighted by atomic mass is 16.6. The summed E-state index contributed by atoms with van der Waals surface area (Å²) in [5.74, 6) is -0.0553. The molecule has 6 heteroatoms. The van der Waals surface area contributed by atoms with E-state index in [9.17, 15) is 14.7 Å². The molecule has 1 aliphatic rings. The topological polar surface area (TPSA) is 76.1 Å². The van der Waals surface area contributed by atoms with Gasteiger partial charge in [0.25, 0.3) is 0 Å². The van der Waals surface area contributed by atoms with Gasteiger partial charge in [0.05, 0.1) is 17.7 Å². The Balaban J connectivity index is 1.38. The number of aromatic carboxylic acids is 1. The van der Waals surface area contributed by atoms with Crippen LogP contribution in [0.25, 0.3) is 10.8 Å². The van der Waals surface area contributed by atoms with Gasteiger partial charge >= 0.3 is 12.1 Å². The Morgan fingerprint density at radius 2 is 1.66 bits per heavy atom. The molecule has 1 heterocycles. The molecule has 0 bridgehead atoms. The van der Waals surface area contributed by atoms with Gasteiger partial charge in [-0.25, -0.2) is 9.59 Å². The Hall–Kier alpha value is -4.32. The number of para-hydroxylation sites is 1. The fourth-order valence-corrected chi connectivity index (χ4v) is 6.57. The summed E-state index contributed by atoms with van der Waals surface area (Å²) in [6.45, 7) is 12.0. The molecule has 3 atom stereocenters. The van der Waals surface area contributed by atoms with Crippen LogP contribution in [0.4, 0.5) is 4.79 Å². The third kappa shape index (κ3) is 6.59. The Morgan fingerprint density at radius 1 is 0.955 bits per heavy atom. The monoisotopic (exact) mass is 593 g/mol. The maximum atomic E-state index is 13.6. The number of carboxylic acids is 1. The summed E-state index contributed by atoms with van der Waals surface area (Å²) < 4.78 is 12.4. The van der Waals surface area contributed by atoms with Crippen molar-refractivity contribution >= 4 is 22.8 Å². The second-order valence-corrected chi connectivity index (χ2v) is 12.9. The zero-order valence-electron chi connectivity index (χ0n) is 26.6. The fraction of sp³-hybridized carbons (Fsp3) is 0.368. The number of carbonyl (C=O) groups is 2. The molecule has 0 aliphatic carbocycles. The lowest BCUT2D eigenvalue weighted by Gasteiger charge is -2.35. The van der Waals surface area contributed by atoms with Crippen molar-refractivity contribution in [2.24, 2.45) is 0 Å². The van der Waals surface area contributed by atoms with Crippen LogP contribution in [0.2, 0.25) is 0 Å². The number of fused-ring (bicyclic) bond motifs is 2. The molecule has 0 fully saturated rings. The van der Waals surface area contributed by atoms with Crippen LogP contribution in [-0.4, -0.2) is 40.3 Å². The molecule has 1 N–H and O–H groups in total. The number of hydrogen-bond acceptors (Lipinski definition) is 4. The van der Waals surface area contributed by atoms with Crippen LogP contribution in [0.5, 0.6) is 5.75 Å². The minimum atomic E-state index is -0.902. The summed E-state index contributed by atoms with van der Waals surface area (Å²) in [4.78, 5) is 27.5. The lowest BCUT2D eigenvalue weighted by molar-refractivity contribution is 0.0162. The molecule has 0 radical (unpaired) electrons. The van der Waals surface area contributed by atoms with Crippen molar-refractivity contribution in [3.63, 3.8) is 0 Å². The van der Waals surface area contributed by atoms with Crippen molar-refractivity contribution in [2.45, 2.75) is 84.5 Å². The molecule has 0 spiro atoms. The van der Waals surface area contributed by atoms with Crippen molar-refractivity contribution in [1.29, 1.82) is 0 Å². The largest absolute Gasteiger partial charge is 0.490 e. The van der Waals surface area contributed by atoms with E-state index in [-0.39, 0.29) is 24.2 Å². The standard InChI is InChI=1S/C38H43NO5/c1-24-20-21-29(25(2)35(24)36(40)41)33-23-28(43-34-19-10-9-17-32(33)34)15-12-22-39(37(42)44-38(4,5)6)26(3)30-18-11-14-27-13-7-8-16-31(27)30/h7-11,13-14,16-21,26,28,33H,12,15,22-23H2,1-6H3,(H,40,41)/t26-,28+,33+/m1/s1. The molecular formula is C38H43NO5. The van der Waals surface area contributed by atoms with E-state index in [1.165, 1.54) is 0 Å². The minimum Gasteiger partial charge on any atom is -0.490 e. The van der Waals surface area contributed by atoms with E-state index < -0.39 is 11.6 Å². The van der Waals surface area contributed by atoms with E-state index in [2.05, 4.69) is 43.3 Å². The number of aryl methyl sites for hydroxylation is 1. The van der Waals surface area contributed by atoms with Gasteiger partial charge in [0.2, 0.25) is 0 Å². The highest BCUT2D eigenvalue weighted by molar-refractivity contribution is 5.91. The molecule has 4 aromatic rings. The van der Waals surface area contributed by atoms with E-state index in [0.717, 1.165) is 63.6 Å². The number of carbonyl (C=O) groups excluding carboxylic acids is 1. The van der Waals surface area contributed by atoms with E-state index >= 15 is 0 Å². The first-order chi connectivity index (χ1) is 20.9. The Labute approximate surface area is 260 Å². The fourth-order valence-electron chi connectivity index (χ4n) is 6.57. The summed E-state index contributed by atoms with van der Waals surface area (Å²) in [6, 6.07) is 26.3. The molecule has 0 aromatic heterocycles. The van der Waals surface area contributed by atoms with Gasteiger partial charge < -0.3 is 19.5 Å². The van der Waals surface area contributed by atoms with Crippen LogP contribution >= 0.6 is 0 Å². The van der Waals surface area contributed by atoms with Crippen molar-refractivity contribution in [3.05, 3.63) is 112 Å². The molecule has 4 aromatic carbocycles. The predicted octanol–water partition coefficient (Wildman–Crippen LogP) is 9.22. The molecule has 230 valence electrons. The lowest BCUT2D eigenvalue weighted by Crippen LogP contribution is -2.39. The van der Waals surface area contributed by atoms with Gasteiger partial charge in [-0.3, -0.25) is 0 Å². The van der Waals surface area contributed by atoms with Gasteiger partial charge in [0.15, 0.2) is 0 Å². The van der Waals surface area contributed by atoms with Crippen LogP contribution in [-0.2, 0) is 4.74 Å². The first-order valence-electron chi connectivity index (χ1n) is 15.5. The van der Waals surface area contributed by atoms with Crippen molar-refractivity contribution in [1.82, 2.24) is 4.90 Å². The third-order valence-corrected chi connectivity index (χ3v) is 8.69. The minimum absolute atomic E-state index is 0.0141. The summed E-state index contributed by atoms with van der Waals surface area (Å²) in [7, 11) is 0. The van der Waals surface area contributed by atoms with Gasteiger partial charge in [0.1, 0.15) is 11.4 Å². The molecule has 6 nitrogen and oxygen atoms in total. The Morgan fingerprint density at radius 3 is 2.41 bits per heavy atom. The van der Waals surface area contributed by atoms with E-state index in [0.29, 0.717) is 12.1 Å². The van der Waals surface area contributed by atoms with E-state index in [4.69, 9.17) is 9.47 Å². The number of carboxylic acid groups (broad SMARTS) is 1. The van der Waals surface area contributed by atoms with Crippen molar-refractivity contribution < 1.29 is 24.2 Å². The zero-order valence-corrected chi connectivity index (χ0v) is 26.6. The lowest BCUT2D eigenvalue weighted by atomic mass is 9.80. The molecule has 5 rings (SSSR count). The van der Waals surface area contributed by atoms with Gasteiger partial charge in [-0.2, -0.15) is 0 Å². The number of rotatable bonds is 8. The second kappa shape index (κ2) is 12.7. The van der Waals surface area contributed by atoms with Crippen LogP contribution in [0.3, 0.4) is 0 Å². The highest BCUT2D eigenvalue weighted by Gasteiger charge is 2.32. The Bertz CT molecular complexity index is 1660. The van der Waals surface area contributed by atoms with Crippen molar-refractivity contribution in [3.8, 4) is 5.75 Å². The number of nitrogens with zero attached hydrogens (tertiary/aromatic N) is 1. The molecule has 44 heavy (non-hydrogen) atoms. The smallest absolute Gasteiger partial charge is 0.410 e. The molecular weight excluding hydrogens is 550 g/mol. The van der Waals surface area contributed by atoms with Crippen LogP contribution in [0, 0.1) is 13.8 Å². The van der Waals surface area contributed by atoms with Crippen LogP contribution in [0.1, 0.15) is 97.1 Å². The molecule has 1 amide bonds. The van der Waals surface area contributed by atoms with Crippen LogP contribution < -0.4 is 4.74 Å². The van der Waals surface area contributed by atoms with Gasteiger partial charge in [0, 0.05) is 18.0 Å². The average molecular weight is 594 g/mol. The number of benzene rings is 4. The second-order valence-electron chi connectivity index (χ2n) is 12.9. The number of hydrogen-bond donors (Lipinski definition) is 1. The van der Waals surface area contributed by atoms with E-state index in [1.807, 2.05) is 82.0 Å². The first kappa shape index (κ1) is 31.1. The highest BCUT2D eigenvalue weighted by Crippen LogP contribution is 2.43. The number of ether oxygens (including phenoxy) is 2. The molecule has 0 saturated carbocycles. The SMILES string of the molecule is Cc1ccc([C@@H]2C[C@H](CCCN(C(=O)OC(C)(C)C)[C@H](C)c3cccc4ccccc34)Oc3ccccc32)c(C)c1C(=O)O. The third-order valence-electron chi connectivity index (χ3n) is 8.69. The summed E-state index contributed by atoms with van der Waals surface area (Å²) in [5, 5.41) is 12.2. The summed E-state index contributed by atoms with van der Waals surface area (Å²) in [6.07, 6.45) is 1.77.